The van der Waals surface area contributed by atoms with Crippen molar-refractivity contribution < 1.29 is 14.6 Å². The second kappa shape index (κ2) is 10.2. The first-order valence-corrected chi connectivity index (χ1v) is 8.50. The van der Waals surface area contributed by atoms with Crippen LogP contribution in [0.1, 0.15) is 24.3 Å². The Morgan fingerprint density at radius 1 is 1.19 bits per heavy atom. The third kappa shape index (κ3) is 5.63. The number of aliphatic imine (C=N–C) groups is 1. The van der Waals surface area contributed by atoms with Gasteiger partial charge in [-0.3, -0.25) is 4.98 Å². The van der Waals surface area contributed by atoms with Gasteiger partial charge in [0.05, 0.1) is 32.6 Å². The Bertz CT molecular complexity index is 707. The molecular weight excluding hydrogens is 332 g/mol. The standard InChI is InChI=1S/C19H26N4O3/c1-4-20-19(22-12-14-7-5-6-10-21-14)23-13-17(24)16-11-15(25-2)8-9-18(16)26-3/h5-11,17,24H,4,12-13H2,1-3H3,(H2,20,22,23). The molecule has 7 heteroatoms. The maximum absolute atomic E-state index is 10.6. The highest BCUT2D eigenvalue weighted by Crippen LogP contribution is 2.29. The molecule has 0 radical (unpaired) electrons. The first kappa shape index (κ1) is 19.5. The zero-order chi connectivity index (χ0) is 18.8. The number of guanidine groups is 1. The molecule has 140 valence electrons. The quantitative estimate of drug-likeness (QED) is 0.493. The predicted octanol–water partition coefficient (Wildman–Crippen LogP) is 1.89. The molecule has 2 aromatic rings. The molecule has 1 atom stereocenters. The zero-order valence-corrected chi connectivity index (χ0v) is 15.4. The van der Waals surface area contributed by atoms with Gasteiger partial charge >= 0.3 is 0 Å². The van der Waals surface area contributed by atoms with Crippen molar-refractivity contribution in [2.24, 2.45) is 4.99 Å². The van der Waals surface area contributed by atoms with E-state index in [1.54, 1.807) is 38.6 Å². The monoisotopic (exact) mass is 358 g/mol. The van der Waals surface area contributed by atoms with Gasteiger partial charge in [-0.25, -0.2) is 4.99 Å². The largest absolute Gasteiger partial charge is 0.497 e. The number of nitrogens with zero attached hydrogens (tertiary/aromatic N) is 2. The summed E-state index contributed by atoms with van der Waals surface area (Å²) >= 11 is 0. The Hall–Kier alpha value is -2.80. The number of pyridine rings is 1. The van der Waals surface area contributed by atoms with E-state index in [1.807, 2.05) is 25.1 Å². The Morgan fingerprint density at radius 3 is 2.69 bits per heavy atom. The Labute approximate surface area is 154 Å². The SMILES string of the molecule is CCNC(=NCc1ccccn1)NCC(O)c1cc(OC)ccc1OC. The molecule has 1 unspecified atom stereocenters. The summed E-state index contributed by atoms with van der Waals surface area (Å²) in [4.78, 5) is 8.74. The summed E-state index contributed by atoms with van der Waals surface area (Å²) in [6, 6.07) is 11.1. The van der Waals surface area contributed by atoms with Crippen LogP contribution in [0.4, 0.5) is 0 Å². The van der Waals surface area contributed by atoms with E-state index in [0.717, 1.165) is 5.69 Å². The third-order valence-electron chi connectivity index (χ3n) is 3.73. The lowest BCUT2D eigenvalue weighted by molar-refractivity contribution is 0.176. The molecule has 1 aromatic heterocycles. The summed E-state index contributed by atoms with van der Waals surface area (Å²) < 4.78 is 10.6. The number of aromatic nitrogens is 1. The van der Waals surface area contributed by atoms with Crippen molar-refractivity contribution in [3.05, 3.63) is 53.9 Å². The van der Waals surface area contributed by atoms with Crippen molar-refractivity contribution in [1.82, 2.24) is 15.6 Å². The molecule has 0 fully saturated rings. The summed E-state index contributed by atoms with van der Waals surface area (Å²) in [6.45, 7) is 3.43. The molecule has 3 N–H and O–H groups in total. The maximum Gasteiger partial charge on any atom is 0.191 e. The van der Waals surface area contributed by atoms with E-state index in [4.69, 9.17) is 9.47 Å². The second-order valence-electron chi connectivity index (χ2n) is 5.52. The highest BCUT2D eigenvalue weighted by molar-refractivity contribution is 5.79. The number of hydrogen-bond acceptors (Lipinski definition) is 5. The van der Waals surface area contributed by atoms with Crippen LogP contribution in [0.5, 0.6) is 11.5 Å². The molecule has 0 aliphatic rings. The van der Waals surface area contributed by atoms with Gasteiger partial charge < -0.3 is 25.2 Å². The van der Waals surface area contributed by atoms with E-state index in [-0.39, 0.29) is 6.54 Å². The van der Waals surface area contributed by atoms with Gasteiger partial charge in [0.2, 0.25) is 0 Å². The number of benzene rings is 1. The molecule has 0 aliphatic heterocycles. The van der Waals surface area contributed by atoms with E-state index in [9.17, 15) is 5.11 Å². The molecule has 0 amide bonds. The van der Waals surface area contributed by atoms with Crippen molar-refractivity contribution in [1.29, 1.82) is 0 Å². The lowest BCUT2D eigenvalue weighted by atomic mass is 10.1. The smallest absolute Gasteiger partial charge is 0.191 e. The molecule has 0 spiro atoms. The average molecular weight is 358 g/mol. The van der Waals surface area contributed by atoms with Crippen LogP contribution in [0.3, 0.4) is 0 Å². The molecule has 0 saturated carbocycles. The van der Waals surface area contributed by atoms with Crippen LogP contribution >= 0.6 is 0 Å². The molecule has 7 nitrogen and oxygen atoms in total. The number of aliphatic hydroxyl groups is 1. The van der Waals surface area contributed by atoms with Gasteiger partial charge in [-0.15, -0.1) is 0 Å². The zero-order valence-electron chi connectivity index (χ0n) is 15.4. The van der Waals surface area contributed by atoms with E-state index in [1.165, 1.54) is 0 Å². The van der Waals surface area contributed by atoms with Gasteiger partial charge in [-0.2, -0.15) is 0 Å². The van der Waals surface area contributed by atoms with Gasteiger partial charge in [0, 0.05) is 24.8 Å². The highest BCUT2D eigenvalue weighted by atomic mass is 16.5. The van der Waals surface area contributed by atoms with Crippen molar-refractivity contribution in [2.45, 2.75) is 19.6 Å². The van der Waals surface area contributed by atoms with Gasteiger partial charge in [0.1, 0.15) is 11.5 Å². The minimum Gasteiger partial charge on any atom is -0.497 e. The molecule has 1 aromatic carbocycles. The van der Waals surface area contributed by atoms with Crippen molar-refractivity contribution in [2.75, 3.05) is 27.3 Å². The van der Waals surface area contributed by atoms with Crippen molar-refractivity contribution in [3.8, 4) is 11.5 Å². The number of methoxy groups -OCH3 is 2. The summed E-state index contributed by atoms with van der Waals surface area (Å²) in [6.07, 6.45) is 0.961. The number of rotatable bonds is 8. The lowest BCUT2D eigenvalue weighted by Crippen LogP contribution is -2.39. The van der Waals surface area contributed by atoms with E-state index >= 15 is 0 Å². The van der Waals surface area contributed by atoms with E-state index in [2.05, 4.69) is 20.6 Å². The first-order chi connectivity index (χ1) is 12.7. The molecule has 2 rings (SSSR count). The molecule has 26 heavy (non-hydrogen) atoms. The maximum atomic E-state index is 10.6. The number of hydrogen-bond donors (Lipinski definition) is 3. The van der Waals surface area contributed by atoms with Crippen LogP contribution in [-0.4, -0.2) is 43.4 Å². The van der Waals surface area contributed by atoms with Crippen molar-refractivity contribution in [3.63, 3.8) is 0 Å². The van der Waals surface area contributed by atoms with Gasteiger partial charge in [-0.05, 0) is 37.3 Å². The van der Waals surface area contributed by atoms with Gasteiger partial charge in [0.25, 0.3) is 0 Å². The fourth-order valence-corrected chi connectivity index (χ4v) is 2.40. The topological polar surface area (TPSA) is 88.0 Å². The van der Waals surface area contributed by atoms with Crippen LogP contribution in [-0.2, 0) is 6.54 Å². The molecule has 0 saturated heterocycles. The molecule has 0 bridgehead atoms. The molecular formula is C19H26N4O3. The normalized spacial score (nSPS) is 12.4. The van der Waals surface area contributed by atoms with E-state index < -0.39 is 6.10 Å². The second-order valence-corrected chi connectivity index (χ2v) is 5.52. The van der Waals surface area contributed by atoms with Crippen LogP contribution in [0.25, 0.3) is 0 Å². The van der Waals surface area contributed by atoms with Crippen LogP contribution in [0.2, 0.25) is 0 Å². The minimum atomic E-state index is -0.779. The van der Waals surface area contributed by atoms with Gasteiger partial charge in [0.15, 0.2) is 5.96 Å². The van der Waals surface area contributed by atoms with Crippen LogP contribution < -0.4 is 20.1 Å². The Morgan fingerprint density at radius 2 is 2.04 bits per heavy atom. The molecule has 1 heterocycles. The fraction of sp³-hybridized carbons (Fsp3) is 0.368. The summed E-state index contributed by atoms with van der Waals surface area (Å²) in [7, 11) is 3.16. The number of ether oxygens (including phenoxy) is 2. The third-order valence-corrected chi connectivity index (χ3v) is 3.73. The van der Waals surface area contributed by atoms with Crippen molar-refractivity contribution >= 4 is 5.96 Å². The molecule has 0 aliphatic carbocycles. The average Bonchev–Trinajstić information content (AvgIpc) is 2.70. The minimum absolute atomic E-state index is 0.275. The van der Waals surface area contributed by atoms with Crippen LogP contribution in [0.15, 0.2) is 47.6 Å². The van der Waals surface area contributed by atoms with Gasteiger partial charge in [-0.1, -0.05) is 6.07 Å². The lowest BCUT2D eigenvalue weighted by Gasteiger charge is -2.18. The Kier molecular flexibility index (Phi) is 7.70. The Balaban J connectivity index is 2.03. The number of aliphatic hydroxyl groups excluding tert-OH is 1. The fourth-order valence-electron chi connectivity index (χ4n) is 2.40. The predicted molar refractivity (Wildman–Crippen MR) is 102 cm³/mol. The van der Waals surface area contributed by atoms with Crippen LogP contribution in [0, 0.1) is 0 Å². The number of nitrogens with one attached hydrogen (secondary N) is 2. The first-order valence-electron chi connectivity index (χ1n) is 8.50. The highest BCUT2D eigenvalue weighted by Gasteiger charge is 2.15. The summed E-state index contributed by atoms with van der Waals surface area (Å²) in [5.74, 6) is 1.88. The summed E-state index contributed by atoms with van der Waals surface area (Å²) in [5, 5.41) is 16.9. The van der Waals surface area contributed by atoms with E-state index in [0.29, 0.717) is 36.1 Å². The summed E-state index contributed by atoms with van der Waals surface area (Å²) in [5.41, 5.74) is 1.53.